The van der Waals surface area contributed by atoms with Gasteiger partial charge in [-0.25, -0.2) is 0 Å². The third-order valence-electron chi connectivity index (χ3n) is 3.55. The van der Waals surface area contributed by atoms with Crippen molar-refractivity contribution in [3.05, 3.63) is 29.8 Å². The van der Waals surface area contributed by atoms with Crippen molar-refractivity contribution in [2.75, 3.05) is 18.9 Å². The molecule has 0 bridgehead atoms. The quantitative estimate of drug-likeness (QED) is 0.884. The maximum absolute atomic E-state index is 11.9. The summed E-state index contributed by atoms with van der Waals surface area (Å²) in [5.74, 6) is -0.0703. The van der Waals surface area contributed by atoms with Crippen LogP contribution in [0.25, 0.3) is 0 Å². The van der Waals surface area contributed by atoms with Gasteiger partial charge in [-0.05, 0) is 45.5 Å². The second kappa shape index (κ2) is 6.35. The molecule has 0 atom stereocenters. The van der Waals surface area contributed by atoms with Crippen LogP contribution in [0.1, 0.15) is 32.8 Å². The highest BCUT2D eigenvalue weighted by Gasteiger charge is 2.22. The van der Waals surface area contributed by atoms with E-state index in [1.807, 2.05) is 11.9 Å². The number of hydrogen-bond donors (Lipinski definition) is 1. The Morgan fingerprint density at radius 1 is 1.47 bits per heavy atom. The van der Waals surface area contributed by atoms with Crippen LogP contribution in [0.2, 0.25) is 0 Å². The molecule has 1 amide bonds. The first-order valence-electron chi connectivity index (χ1n) is 6.40. The normalized spacial score (nSPS) is 11.2. The van der Waals surface area contributed by atoms with Gasteiger partial charge in [0.05, 0.1) is 18.2 Å². The highest BCUT2D eigenvalue weighted by molar-refractivity contribution is 5.92. The Labute approximate surface area is 115 Å². The van der Waals surface area contributed by atoms with E-state index in [9.17, 15) is 4.79 Å². The number of nitrogens with zero attached hydrogens (tertiary/aromatic N) is 2. The van der Waals surface area contributed by atoms with E-state index in [-0.39, 0.29) is 11.4 Å². The number of anilines is 1. The van der Waals surface area contributed by atoms with Crippen LogP contribution in [0.15, 0.2) is 24.3 Å². The average Bonchev–Trinajstić information content (AvgIpc) is 2.38. The largest absolute Gasteiger partial charge is 0.325 e. The lowest BCUT2D eigenvalue weighted by molar-refractivity contribution is -0.118. The molecule has 0 aliphatic rings. The standard InChI is InChI=1S/C15H21N3O/c1-5-15(2,3)18(4)11-14(19)17-13-8-6-7-12(9-13)10-16/h6-9H,5,11H2,1-4H3,(H,17,19). The molecular formula is C15H21N3O. The molecule has 1 aromatic carbocycles. The van der Waals surface area contributed by atoms with Gasteiger partial charge in [0.2, 0.25) is 5.91 Å². The fourth-order valence-corrected chi connectivity index (χ4v) is 1.57. The summed E-state index contributed by atoms with van der Waals surface area (Å²) in [6, 6.07) is 8.97. The highest BCUT2D eigenvalue weighted by atomic mass is 16.2. The number of rotatable bonds is 5. The van der Waals surface area contributed by atoms with Crippen molar-refractivity contribution in [1.29, 1.82) is 5.26 Å². The zero-order chi connectivity index (χ0) is 14.5. The van der Waals surface area contributed by atoms with E-state index in [0.29, 0.717) is 17.8 Å². The predicted octanol–water partition coefficient (Wildman–Crippen LogP) is 2.62. The first-order valence-corrected chi connectivity index (χ1v) is 6.40. The van der Waals surface area contributed by atoms with Crippen LogP contribution >= 0.6 is 0 Å². The van der Waals surface area contributed by atoms with Gasteiger partial charge in [0.25, 0.3) is 0 Å². The fourth-order valence-electron chi connectivity index (χ4n) is 1.57. The monoisotopic (exact) mass is 259 g/mol. The number of nitrogens with one attached hydrogen (secondary N) is 1. The molecule has 1 aromatic rings. The van der Waals surface area contributed by atoms with Crippen molar-refractivity contribution in [2.24, 2.45) is 0 Å². The Balaban J connectivity index is 2.63. The molecule has 102 valence electrons. The number of nitriles is 1. The molecule has 1 rings (SSSR count). The maximum Gasteiger partial charge on any atom is 0.238 e. The Bertz CT molecular complexity index is 488. The van der Waals surface area contributed by atoms with Crippen LogP contribution in [-0.4, -0.2) is 29.9 Å². The second-order valence-electron chi connectivity index (χ2n) is 5.26. The van der Waals surface area contributed by atoms with Gasteiger partial charge in [0.1, 0.15) is 0 Å². The van der Waals surface area contributed by atoms with Gasteiger partial charge in [-0.3, -0.25) is 9.69 Å². The SMILES string of the molecule is CCC(C)(C)N(C)CC(=O)Nc1cccc(C#N)c1. The molecule has 4 heteroatoms. The van der Waals surface area contributed by atoms with Crippen molar-refractivity contribution in [3.63, 3.8) is 0 Å². The van der Waals surface area contributed by atoms with Crippen LogP contribution < -0.4 is 5.32 Å². The van der Waals surface area contributed by atoms with Crippen LogP contribution in [0.5, 0.6) is 0 Å². The Kier molecular flexibility index (Phi) is 5.08. The lowest BCUT2D eigenvalue weighted by atomic mass is 10.00. The van der Waals surface area contributed by atoms with E-state index in [1.54, 1.807) is 24.3 Å². The topological polar surface area (TPSA) is 56.1 Å². The number of carbonyl (C=O) groups is 1. The molecule has 0 saturated heterocycles. The van der Waals surface area contributed by atoms with E-state index < -0.39 is 0 Å². The third kappa shape index (κ3) is 4.38. The minimum absolute atomic E-state index is 0.00809. The molecule has 4 nitrogen and oxygen atoms in total. The van der Waals surface area contributed by atoms with Crippen LogP contribution in [0, 0.1) is 11.3 Å². The van der Waals surface area contributed by atoms with E-state index in [0.717, 1.165) is 6.42 Å². The van der Waals surface area contributed by atoms with Crippen molar-refractivity contribution in [1.82, 2.24) is 4.90 Å². The van der Waals surface area contributed by atoms with Gasteiger partial charge in [-0.15, -0.1) is 0 Å². The summed E-state index contributed by atoms with van der Waals surface area (Å²) in [5, 5.41) is 11.6. The zero-order valence-corrected chi connectivity index (χ0v) is 12.0. The third-order valence-corrected chi connectivity index (χ3v) is 3.55. The molecule has 0 heterocycles. The smallest absolute Gasteiger partial charge is 0.238 e. The zero-order valence-electron chi connectivity index (χ0n) is 12.0. The number of amides is 1. The fraction of sp³-hybridized carbons (Fsp3) is 0.467. The van der Waals surface area contributed by atoms with E-state index >= 15 is 0 Å². The molecule has 0 radical (unpaired) electrons. The summed E-state index contributed by atoms with van der Waals surface area (Å²) >= 11 is 0. The minimum Gasteiger partial charge on any atom is -0.325 e. The van der Waals surface area contributed by atoms with Gasteiger partial charge < -0.3 is 5.32 Å². The van der Waals surface area contributed by atoms with Crippen molar-refractivity contribution >= 4 is 11.6 Å². The molecule has 0 aromatic heterocycles. The van der Waals surface area contributed by atoms with Gasteiger partial charge in [-0.2, -0.15) is 5.26 Å². The molecule has 0 fully saturated rings. The lowest BCUT2D eigenvalue weighted by Gasteiger charge is -2.34. The van der Waals surface area contributed by atoms with Gasteiger partial charge in [0, 0.05) is 11.2 Å². The molecule has 0 saturated carbocycles. The van der Waals surface area contributed by atoms with Gasteiger partial charge in [0.15, 0.2) is 0 Å². The van der Waals surface area contributed by atoms with Crippen molar-refractivity contribution in [3.8, 4) is 6.07 Å². The van der Waals surface area contributed by atoms with Gasteiger partial charge in [-0.1, -0.05) is 13.0 Å². The molecule has 0 spiro atoms. The molecule has 1 N–H and O–H groups in total. The molecule has 0 unspecified atom stereocenters. The van der Waals surface area contributed by atoms with Gasteiger partial charge >= 0.3 is 0 Å². The number of carbonyl (C=O) groups excluding carboxylic acids is 1. The van der Waals surface area contributed by atoms with E-state index in [2.05, 4.69) is 32.2 Å². The predicted molar refractivity (Wildman–Crippen MR) is 76.8 cm³/mol. The number of likely N-dealkylation sites (N-methyl/N-ethyl adjacent to an activating group) is 1. The van der Waals surface area contributed by atoms with Crippen molar-refractivity contribution < 1.29 is 4.79 Å². The summed E-state index contributed by atoms with van der Waals surface area (Å²) in [5.41, 5.74) is 1.19. The molecule has 0 aliphatic heterocycles. The summed E-state index contributed by atoms with van der Waals surface area (Å²) < 4.78 is 0. The molecular weight excluding hydrogens is 238 g/mol. The van der Waals surface area contributed by atoms with Crippen LogP contribution in [-0.2, 0) is 4.79 Å². The number of benzene rings is 1. The average molecular weight is 259 g/mol. The number of hydrogen-bond acceptors (Lipinski definition) is 3. The summed E-state index contributed by atoms with van der Waals surface area (Å²) in [7, 11) is 1.94. The summed E-state index contributed by atoms with van der Waals surface area (Å²) in [6.45, 7) is 6.65. The molecule has 19 heavy (non-hydrogen) atoms. The molecule has 0 aliphatic carbocycles. The van der Waals surface area contributed by atoms with Crippen LogP contribution in [0.4, 0.5) is 5.69 Å². The van der Waals surface area contributed by atoms with E-state index in [1.165, 1.54) is 0 Å². The van der Waals surface area contributed by atoms with E-state index in [4.69, 9.17) is 5.26 Å². The first-order chi connectivity index (χ1) is 8.89. The first kappa shape index (κ1) is 15.2. The Morgan fingerprint density at radius 3 is 2.74 bits per heavy atom. The highest BCUT2D eigenvalue weighted by Crippen LogP contribution is 2.16. The van der Waals surface area contributed by atoms with Crippen molar-refractivity contribution in [2.45, 2.75) is 32.7 Å². The lowest BCUT2D eigenvalue weighted by Crippen LogP contribution is -2.44. The minimum atomic E-state index is -0.0703. The van der Waals surface area contributed by atoms with Crippen LogP contribution in [0.3, 0.4) is 0 Å². The second-order valence-corrected chi connectivity index (χ2v) is 5.26. The Hall–Kier alpha value is -1.86. The maximum atomic E-state index is 11.9. The summed E-state index contributed by atoms with van der Waals surface area (Å²) in [4.78, 5) is 14.0. The summed E-state index contributed by atoms with van der Waals surface area (Å²) in [6.07, 6.45) is 0.973. The Morgan fingerprint density at radius 2 is 2.16 bits per heavy atom.